The van der Waals surface area contributed by atoms with E-state index in [4.69, 9.17) is 4.74 Å². The molecule has 2 aromatic carbocycles. The Balaban J connectivity index is 2.24. The first-order valence-corrected chi connectivity index (χ1v) is 9.08. The van der Waals surface area contributed by atoms with E-state index in [1.807, 2.05) is 6.92 Å². The molecule has 9 nitrogen and oxygen atoms in total. The summed E-state index contributed by atoms with van der Waals surface area (Å²) in [4.78, 5) is 35.5. The summed E-state index contributed by atoms with van der Waals surface area (Å²) in [6.45, 7) is 4.88. The molecule has 0 heterocycles. The molecule has 2 rings (SSSR count). The highest BCUT2D eigenvalue weighted by molar-refractivity contribution is 6.06. The van der Waals surface area contributed by atoms with Gasteiger partial charge in [-0.3, -0.25) is 19.7 Å². The summed E-state index contributed by atoms with van der Waals surface area (Å²) in [5.74, 6) is -0.752. The van der Waals surface area contributed by atoms with Gasteiger partial charge in [0.2, 0.25) is 0 Å². The zero-order chi connectivity index (χ0) is 21.4. The molecule has 2 aromatic rings. The number of nitrogens with one attached hydrogen (secondary N) is 3. The van der Waals surface area contributed by atoms with Crippen molar-refractivity contribution in [3.05, 3.63) is 63.2 Å². The molecular formula is C20H24N4O5. The van der Waals surface area contributed by atoms with Gasteiger partial charge in [0, 0.05) is 43.1 Å². The van der Waals surface area contributed by atoms with Crippen LogP contribution in [0.5, 0.6) is 0 Å². The van der Waals surface area contributed by atoms with Crippen molar-refractivity contribution in [3.63, 3.8) is 0 Å². The van der Waals surface area contributed by atoms with Crippen LogP contribution in [0.3, 0.4) is 0 Å². The fourth-order valence-corrected chi connectivity index (χ4v) is 2.62. The van der Waals surface area contributed by atoms with Gasteiger partial charge in [-0.15, -0.1) is 0 Å². The maximum atomic E-state index is 12.6. The molecule has 0 aliphatic carbocycles. The van der Waals surface area contributed by atoms with Crippen molar-refractivity contribution in [1.82, 2.24) is 5.32 Å². The van der Waals surface area contributed by atoms with Crippen molar-refractivity contribution >= 4 is 28.9 Å². The number of benzene rings is 2. The van der Waals surface area contributed by atoms with Gasteiger partial charge in [0.15, 0.2) is 0 Å². The zero-order valence-corrected chi connectivity index (χ0v) is 16.6. The van der Waals surface area contributed by atoms with Crippen LogP contribution in [0.15, 0.2) is 36.4 Å². The molecule has 0 aromatic heterocycles. The molecule has 0 bridgehead atoms. The third-order valence-corrected chi connectivity index (χ3v) is 4.16. The predicted molar refractivity (Wildman–Crippen MR) is 111 cm³/mol. The Bertz CT molecular complexity index is 914. The number of carbonyl (C=O) groups is 2. The standard InChI is InChI=1S/C20H24N4O5/c1-4-21-19(25)14-6-5-13(2)17(11-14)23-20(26)15-7-8-16(22-9-10-29-3)18(12-15)24(27)28/h5-8,11-12,22H,4,9-10H2,1-3H3,(H,21,25)(H,23,26). The van der Waals surface area contributed by atoms with Crippen LogP contribution in [-0.4, -0.2) is 43.5 Å². The molecule has 0 saturated heterocycles. The summed E-state index contributed by atoms with van der Waals surface area (Å²) in [6.07, 6.45) is 0. The number of methoxy groups -OCH3 is 1. The van der Waals surface area contributed by atoms with Crippen molar-refractivity contribution in [1.29, 1.82) is 0 Å². The Morgan fingerprint density at radius 3 is 2.41 bits per heavy atom. The summed E-state index contributed by atoms with van der Waals surface area (Å²) >= 11 is 0. The summed E-state index contributed by atoms with van der Waals surface area (Å²) in [5.41, 5.74) is 1.87. The number of amides is 2. The number of nitro benzene ring substituents is 1. The first-order chi connectivity index (χ1) is 13.9. The highest BCUT2D eigenvalue weighted by Crippen LogP contribution is 2.26. The summed E-state index contributed by atoms with van der Waals surface area (Å²) in [5, 5.41) is 19.7. The van der Waals surface area contributed by atoms with Crippen molar-refractivity contribution in [2.45, 2.75) is 13.8 Å². The third kappa shape index (κ3) is 5.76. The number of nitrogens with zero attached hydrogens (tertiary/aromatic N) is 1. The quantitative estimate of drug-likeness (QED) is 0.338. The van der Waals surface area contributed by atoms with E-state index in [0.29, 0.717) is 36.6 Å². The summed E-state index contributed by atoms with van der Waals surface area (Å²) < 4.78 is 4.92. The van der Waals surface area contributed by atoms with Gasteiger partial charge < -0.3 is 20.7 Å². The molecule has 2 amide bonds. The van der Waals surface area contributed by atoms with Crippen molar-refractivity contribution in [3.8, 4) is 0 Å². The molecule has 3 N–H and O–H groups in total. The fraction of sp³-hybridized carbons (Fsp3) is 0.300. The number of aryl methyl sites for hydroxylation is 1. The lowest BCUT2D eigenvalue weighted by atomic mass is 10.1. The highest BCUT2D eigenvalue weighted by Gasteiger charge is 2.18. The predicted octanol–water partition coefficient (Wildman–Crippen LogP) is 2.96. The molecular weight excluding hydrogens is 376 g/mol. The molecule has 0 unspecified atom stereocenters. The second-order valence-corrected chi connectivity index (χ2v) is 6.25. The zero-order valence-electron chi connectivity index (χ0n) is 16.6. The average molecular weight is 400 g/mol. The third-order valence-electron chi connectivity index (χ3n) is 4.16. The molecule has 0 atom stereocenters. The lowest BCUT2D eigenvalue weighted by molar-refractivity contribution is -0.384. The maximum absolute atomic E-state index is 12.6. The summed E-state index contributed by atoms with van der Waals surface area (Å²) in [6, 6.07) is 9.18. The van der Waals surface area contributed by atoms with E-state index in [0.717, 1.165) is 5.56 Å². The number of rotatable bonds is 9. The normalized spacial score (nSPS) is 10.3. The first kappa shape index (κ1) is 21.8. The summed E-state index contributed by atoms with van der Waals surface area (Å²) in [7, 11) is 1.53. The minimum absolute atomic E-state index is 0.136. The molecule has 0 aliphatic heterocycles. The first-order valence-electron chi connectivity index (χ1n) is 9.08. The SMILES string of the molecule is CCNC(=O)c1ccc(C)c(NC(=O)c2ccc(NCCOC)c([N+](=O)[O-])c2)c1. The van der Waals surface area contributed by atoms with Crippen molar-refractivity contribution < 1.29 is 19.2 Å². The van der Waals surface area contributed by atoms with Crippen LogP contribution < -0.4 is 16.0 Å². The topological polar surface area (TPSA) is 123 Å². The molecule has 9 heteroatoms. The van der Waals surface area contributed by atoms with Gasteiger partial charge in [0.1, 0.15) is 5.69 Å². The smallest absolute Gasteiger partial charge is 0.293 e. The Hall–Kier alpha value is -3.46. The van der Waals surface area contributed by atoms with Gasteiger partial charge in [0.25, 0.3) is 17.5 Å². The van der Waals surface area contributed by atoms with Gasteiger partial charge in [-0.25, -0.2) is 0 Å². The Labute approximate surface area is 168 Å². The van der Waals surface area contributed by atoms with Gasteiger partial charge in [-0.2, -0.15) is 0 Å². The van der Waals surface area contributed by atoms with Crippen LogP contribution in [-0.2, 0) is 4.74 Å². The number of nitro groups is 1. The van der Waals surface area contributed by atoms with Gasteiger partial charge in [0.05, 0.1) is 11.5 Å². The molecule has 0 saturated carbocycles. The number of ether oxygens (including phenoxy) is 1. The van der Waals surface area contributed by atoms with Crippen molar-refractivity contribution in [2.24, 2.45) is 0 Å². The minimum atomic E-state index is -0.549. The highest BCUT2D eigenvalue weighted by atomic mass is 16.6. The van der Waals surface area contributed by atoms with Crippen LogP contribution in [0.1, 0.15) is 33.2 Å². The van der Waals surface area contributed by atoms with E-state index >= 15 is 0 Å². The van der Waals surface area contributed by atoms with E-state index < -0.39 is 10.8 Å². The van der Waals surface area contributed by atoms with E-state index in [1.54, 1.807) is 25.1 Å². The second-order valence-electron chi connectivity index (χ2n) is 6.25. The van der Waals surface area contributed by atoms with E-state index in [1.165, 1.54) is 25.3 Å². The molecule has 29 heavy (non-hydrogen) atoms. The largest absolute Gasteiger partial charge is 0.383 e. The molecule has 0 fully saturated rings. The number of carbonyl (C=O) groups excluding carboxylic acids is 2. The number of anilines is 2. The van der Waals surface area contributed by atoms with Gasteiger partial charge in [-0.05, 0) is 43.7 Å². The van der Waals surface area contributed by atoms with E-state index in [-0.39, 0.29) is 17.2 Å². The molecule has 154 valence electrons. The number of hydrogen-bond acceptors (Lipinski definition) is 6. The number of hydrogen-bond donors (Lipinski definition) is 3. The lowest BCUT2D eigenvalue weighted by Crippen LogP contribution is -2.23. The molecule has 0 spiro atoms. The average Bonchev–Trinajstić information content (AvgIpc) is 2.70. The van der Waals surface area contributed by atoms with E-state index in [9.17, 15) is 19.7 Å². The van der Waals surface area contributed by atoms with Gasteiger partial charge in [-0.1, -0.05) is 6.07 Å². The van der Waals surface area contributed by atoms with Crippen molar-refractivity contribution in [2.75, 3.05) is 37.4 Å². The Kier molecular flexibility index (Phi) is 7.67. The van der Waals surface area contributed by atoms with Crippen LogP contribution in [0.4, 0.5) is 17.1 Å². The van der Waals surface area contributed by atoms with Crippen LogP contribution in [0, 0.1) is 17.0 Å². The molecule has 0 aliphatic rings. The monoisotopic (exact) mass is 400 g/mol. The Morgan fingerprint density at radius 1 is 1.07 bits per heavy atom. The van der Waals surface area contributed by atoms with E-state index in [2.05, 4.69) is 16.0 Å². The van der Waals surface area contributed by atoms with Crippen LogP contribution >= 0.6 is 0 Å². The maximum Gasteiger partial charge on any atom is 0.293 e. The van der Waals surface area contributed by atoms with Crippen LogP contribution in [0.2, 0.25) is 0 Å². The van der Waals surface area contributed by atoms with Gasteiger partial charge >= 0.3 is 0 Å². The lowest BCUT2D eigenvalue weighted by Gasteiger charge is -2.12. The fourth-order valence-electron chi connectivity index (χ4n) is 2.62. The minimum Gasteiger partial charge on any atom is -0.383 e. The Morgan fingerprint density at radius 2 is 1.76 bits per heavy atom. The van der Waals surface area contributed by atoms with Crippen LogP contribution in [0.25, 0.3) is 0 Å². The second kappa shape index (κ2) is 10.2. The molecule has 0 radical (unpaired) electrons.